The molecule has 0 amide bonds. The first-order valence-electron chi connectivity index (χ1n) is 3.99. The van der Waals surface area contributed by atoms with Gasteiger partial charge in [-0.25, -0.2) is 8.78 Å². The van der Waals surface area contributed by atoms with Crippen LogP contribution in [0.3, 0.4) is 0 Å². The lowest BCUT2D eigenvalue weighted by Crippen LogP contribution is -2.14. The molecule has 1 aromatic carbocycles. The summed E-state index contributed by atoms with van der Waals surface area (Å²) in [6.45, 7) is 0. The summed E-state index contributed by atoms with van der Waals surface area (Å²) in [5, 5.41) is 8.31. The van der Waals surface area contributed by atoms with E-state index in [2.05, 4.69) is 0 Å². The molecular formula is C9H5F5O2. The minimum Gasteiger partial charge on any atom is -0.481 e. The van der Waals surface area contributed by atoms with E-state index in [1.165, 1.54) is 0 Å². The normalized spacial score (nSPS) is 11.6. The molecule has 2 nitrogen and oxygen atoms in total. The number of halogens is 5. The molecule has 0 atom stereocenters. The Morgan fingerprint density at radius 1 is 1.25 bits per heavy atom. The third-order valence-corrected chi connectivity index (χ3v) is 1.80. The zero-order valence-electron chi connectivity index (χ0n) is 7.61. The Hall–Kier alpha value is -1.66. The summed E-state index contributed by atoms with van der Waals surface area (Å²) in [5.74, 6) is -5.15. The molecule has 0 spiro atoms. The Labute approximate surface area is 86.3 Å². The van der Waals surface area contributed by atoms with Crippen molar-refractivity contribution in [2.75, 3.05) is 0 Å². The third kappa shape index (κ3) is 2.47. The fourth-order valence-corrected chi connectivity index (χ4v) is 1.15. The Bertz CT molecular complexity index is 425. The van der Waals surface area contributed by atoms with Crippen molar-refractivity contribution in [3.63, 3.8) is 0 Å². The van der Waals surface area contributed by atoms with Crippen LogP contribution in [0.1, 0.15) is 11.1 Å². The summed E-state index contributed by atoms with van der Waals surface area (Å²) in [4.78, 5) is 10.2. The van der Waals surface area contributed by atoms with Crippen LogP contribution in [-0.4, -0.2) is 11.1 Å². The Morgan fingerprint density at radius 2 is 1.81 bits per heavy atom. The number of alkyl halides is 3. The van der Waals surface area contributed by atoms with Crippen LogP contribution in [0.4, 0.5) is 22.0 Å². The van der Waals surface area contributed by atoms with Crippen molar-refractivity contribution in [3.05, 3.63) is 34.9 Å². The highest BCUT2D eigenvalue weighted by atomic mass is 19.4. The second kappa shape index (κ2) is 4.07. The van der Waals surface area contributed by atoms with E-state index in [9.17, 15) is 26.7 Å². The summed E-state index contributed by atoms with van der Waals surface area (Å²) in [6, 6.07) is 1.07. The average Bonchev–Trinajstić information content (AvgIpc) is 2.07. The summed E-state index contributed by atoms with van der Waals surface area (Å²) < 4.78 is 62.5. The van der Waals surface area contributed by atoms with E-state index >= 15 is 0 Å². The molecule has 7 heteroatoms. The maximum absolute atomic E-state index is 13.2. The van der Waals surface area contributed by atoms with Gasteiger partial charge < -0.3 is 5.11 Å². The van der Waals surface area contributed by atoms with Gasteiger partial charge in [-0.15, -0.1) is 0 Å². The number of carboxylic acids is 1. The number of carboxylic acid groups (broad SMARTS) is 1. The third-order valence-electron chi connectivity index (χ3n) is 1.80. The Kier molecular flexibility index (Phi) is 3.16. The topological polar surface area (TPSA) is 37.3 Å². The van der Waals surface area contributed by atoms with Crippen LogP contribution in [0.5, 0.6) is 0 Å². The first kappa shape index (κ1) is 12.4. The molecule has 0 unspecified atom stereocenters. The molecule has 0 fully saturated rings. The number of benzene rings is 1. The molecule has 0 saturated heterocycles. The minimum absolute atomic E-state index is 0.393. The molecule has 0 aliphatic carbocycles. The zero-order valence-corrected chi connectivity index (χ0v) is 7.61. The first-order valence-corrected chi connectivity index (χ1v) is 3.99. The summed E-state index contributed by atoms with van der Waals surface area (Å²) >= 11 is 0. The van der Waals surface area contributed by atoms with Crippen LogP contribution >= 0.6 is 0 Å². The zero-order chi connectivity index (χ0) is 12.5. The van der Waals surface area contributed by atoms with E-state index < -0.39 is 41.3 Å². The van der Waals surface area contributed by atoms with Crippen LogP contribution in [0, 0.1) is 11.6 Å². The van der Waals surface area contributed by atoms with Crippen molar-refractivity contribution < 1.29 is 31.9 Å². The lowest BCUT2D eigenvalue weighted by molar-refractivity contribution is -0.143. The first-order chi connectivity index (χ1) is 7.23. The van der Waals surface area contributed by atoms with E-state index in [1.807, 2.05) is 0 Å². The van der Waals surface area contributed by atoms with Gasteiger partial charge >= 0.3 is 12.1 Å². The molecule has 0 aromatic heterocycles. The highest BCUT2D eigenvalue weighted by Gasteiger charge is 2.38. The number of carbonyl (C=O) groups is 1. The molecule has 0 radical (unpaired) electrons. The highest BCUT2D eigenvalue weighted by molar-refractivity contribution is 5.70. The Balaban J connectivity index is 3.33. The van der Waals surface area contributed by atoms with Gasteiger partial charge in [0.15, 0.2) is 0 Å². The predicted octanol–water partition coefficient (Wildman–Crippen LogP) is 2.61. The monoisotopic (exact) mass is 240 g/mol. The summed E-state index contributed by atoms with van der Waals surface area (Å²) in [5.41, 5.74) is -2.77. The van der Waals surface area contributed by atoms with Gasteiger partial charge in [0.05, 0.1) is 6.42 Å². The van der Waals surface area contributed by atoms with Crippen LogP contribution in [0.15, 0.2) is 12.1 Å². The molecule has 0 bridgehead atoms. The molecular weight excluding hydrogens is 235 g/mol. The average molecular weight is 240 g/mol. The van der Waals surface area contributed by atoms with Gasteiger partial charge in [0.1, 0.15) is 17.2 Å². The van der Waals surface area contributed by atoms with Gasteiger partial charge in [0.2, 0.25) is 0 Å². The van der Waals surface area contributed by atoms with Crippen molar-refractivity contribution in [1.82, 2.24) is 0 Å². The van der Waals surface area contributed by atoms with Gasteiger partial charge in [0, 0.05) is 0 Å². The van der Waals surface area contributed by atoms with Crippen molar-refractivity contribution in [1.29, 1.82) is 0 Å². The van der Waals surface area contributed by atoms with E-state index in [0.717, 1.165) is 0 Å². The molecule has 0 heterocycles. The summed E-state index contributed by atoms with van der Waals surface area (Å²) in [6.07, 6.45) is -6.13. The fourth-order valence-electron chi connectivity index (χ4n) is 1.15. The van der Waals surface area contributed by atoms with Gasteiger partial charge in [-0.1, -0.05) is 6.07 Å². The van der Waals surface area contributed by atoms with Crippen molar-refractivity contribution in [2.24, 2.45) is 0 Å². The maximum atomic E-state index is 13.2. The van der Waals surface area contributed by atoms with Crippen molar-refractivity contribution in [2.45, 2.75) is 12.6 Å². The molecule has 0 aliphatic heterocycles. The largest absolute Gasteiger partial charge is 0.481 e. The van der Waals surface area contributed by atoms with E-state index in [1.54, 1.807) is 0 Å². The van der Waals surface area contributed by atoms with Gasteiger partial charge in [-0.2, -0.15) is 13.2 Å². The van der Waals surface area contributed by atoms with E-state index in [-0.39, 0.29) is 0 Å². The van der Waals surface area contributed by atoms with Crippen LogP contribution in [0.2, 0.25) is 0 Å². The van der Waals surface area contributed by atoms with Gasteiger partial charge in [-0.05, 0) is 11.6 Å². The van der Waals surface area contributed by atoms with Crippen LogP contribution in [-0.2, 0) is 17.4 Å². The molecule has 1 aromatic rings. The standard InChI is InChI=1S/C9H5F5O2/c10-5-2-1-4(3-6(15)16)8(11)7(5)9(12,13)14/h1-2H,3H2,(H,15,16). The lowest BCUT2D eigenvalue weighted by Gasteiger charge is -2.11. The highest BCUT2D eigenvalue weighted by Crippen LogP contribution is 2.34. The Morgan fingerprint density at radius 3 is 2.25 bits per heavy atom. The smallest absolute Gasteiger partial charge is 0.422 e. The molecule has 1 N–H and O–H groups in total. The maximum Gasteiger partial charge on any atom is 0.422 e. The number of rotatable bonds is 2. The summed E-state index contributed by atoms with van der Waals surface area (Å²) in [7, 11) is 0. The van der Waals surface area contributed by atoms with Crippen LogP contribution < -0.4 is 0 Å². The number of hydrogen-bond acceptors (Lipinski definition) is 1. The van der Waals surface area contributed by atoms with E-state index in [4.69, 9.17) is 5.11 Å². The van der Waals surface area contributed by atoms with E-state index in [0.29, 0.717) is 12.1 Å². The van der Waals surface area contributed by atoms with Crippen molar-refractivity contribution in [3.8, 4) is 0 Å². The fraction of sp³-hybridized carbons (Fsp3) is 0.222. The minimum atomic E-state index is -5.19. The quantitative estimate of drug-likeness (QED) is 0.807. The SMILES string of the molecule is O=C(O)Cc1ccc(F)c(C(F)(F)F)c1F. The molecule has 0 aliphatic rings. The predicted molar refractivity (Wildman–Crippen MR) is 42.7 cm³/mol. The molecule has 16 heavy (non-hydrogen) atoms. The van der Waals surface area contributed by atoms with Crippen LogP contribution in [0.25, 0.3) is 0 Å². The second-order valence-electron chi connectivity index (χ2n) is 2.96. The lowest BCUT2D eigenvalue weighted by atomic mass is 10.1. The molecule has 0 saturated carbocycles. The van der Waals surface area contributed by atoms with Gasteiger partial charge in [0.25, 0.3) is 0 Å². The molecule has 1 rings (SSSR count). The second-order valence-corrected chi connectivity index (χ2v) is 2.96. The molecule has 88 valence electrons. The number of aliphatic carboxylic acids is 1. The van der Waals surface area contributed by atoms with Crippen molar-refractivity contribution >= 4 is 5.97 Å². The number of hydrogen-bond donors (Lipinski definition) is 1. The van der Waals surface area contributed by atoms with Gasteiger partial charge in [-0.3, -0.25) is 4.79 Å².